The van der Waals surface area contributed by atoms with Crippen LogP contribution in [0.4, 0.5) is 5.69 Å². The lowest BCUT2D eigenvalue weighted by molar-refractivity contribution is -0.137. The van der Waals surface area contributed by atoms with E-state index in [1.54, 1.807) is 47.6 Å². The van der Waals surface area contributed by atoms with Crippen molar-refractivity contribution in [3.63, 3.8) is 0 Å². The molecule has 3 amide bonds. The summed E-state index contributed by atoms with van der Waals surface area (Å²) in [6.07, 6.45) is 21.7. The van der Waals surface area contributed by atoms with Gasteiger partial charge in [0.1, 0.15) is 35.7 Å². The number of nitrogens with one attached hydrogen (secondary N) is 2. The van der Waals surface area contributed by atoms with E-state index in [2.05, 4.69) is 59.3 Å². The van der Waals surface area contributed by atoms with Gasteiger partial charge in [0, 0.05) is 70.1 Å². The van der Waals surface area contributed by atoms with Gasteiger partial charge in [0.15, 0.2) is 5.82 Å². The van der Waals surface area contributed by atoms with Crippen LogP contribution in [0.3, 0.4) is 0 Å². The number of carbonyl (C=O) groups is 6. The number of amides is 3. The maximum atomic E-state index is 12.4. The van der Waals surface area contributed by atoms with Gasteiger partial charge in [0.05, 0.1) is 11.8 Å². The van der Waals surface area contributed by atoms with Crippen molar-refractivity contribution in [3.8, 4) is 5.00 Å². The highest BCUT2D eigenvalue weighted by atomic mass is 35.5. The predicted molar refractivity (Wildman–Crippen MR) is 293 cm³/mol. The van der Waals surface area contributed by atoms with Crippen LogP contribution in [0.25, 0.3) is 5.00 Å². The van der Waals surface area contributed by atoms with Gasteiger partial charge in [-0.05, 0) is 84.3 Å². The number of piperidine rings is 1. The molecule has 72 heavy (non-hydrogen) atoms. The number of hydrogen-bond acceptors (Lipinski definition) is 12. The van der Waals surface area contributed by atoms with E-state index >= 15 is 0 Å². The number of thiophene rings is 1. The molecule has 1 unspecified atom stereocenters. The third-order valence-corrected chi connectivity index (χ3v) is 13.8. The van der Waals surface area contributed by atoms with Crippen LogP contribution < -0.4 is 16.4 Å². The lowest BCUT2D eigenvalue weighted by Gasteiger charge is -2.30. The Hall–Kier alpha value is -5.74. The van der Waals surface area contributed by atoms with Crippen LogP contribution in [0.5, 0.6) is 0 Å². The Morgan fingerprint density at radius 3 is 2.14 bits per heavy atom. The molecule has 0 spiro atoms. The van der Waals surface area contributed by atoms with E-state index in [1.165, 1.54) is 62.3 Å². The first-order chi connectivity index (χ1) is 34.7. The van der Waals surface area contributed by atoms with E-state index in [9.17, 15) is 24.0 Å². The number of anilines is 1. The molecule has 2 aromatic carbocycles. The summed E-state index contributed by atoms with van der Waals surface area (Å²) >= 11 is 7.80. The monoisotopic (exact) mass is 1020 g/mol. The van der Waals surface area contributed by atoms with Crippen molar-refractivity contribution in [1.82, 2.24) is 25.0 Å². The van der Waals surface area contributed by atoms with E-state index < -0.39 is 6.04 Å². The number of nitrogens with zero attached hydrogens (tertiary/aromatic N) is 5. The Labute approximate surface area is 436 Å². The van der Waals surface area contributed by atoms with Crippen LogP contribution in [0, 0.1) is 13.8 Å². The molecule has 0 radical (unpaired) electrons. The number of aryl methyl sites for hydroxylation is 2. The summed E-state index contributed by atoms with van der Waals surface area (Å²) in [6, 6.07) is 12.0. The molecule has 4 N–H and O–H groups in total. The zero-order valence-corrected chi connectivity index (χ0v) is 45.0. The molecule has 1 saturated carbocycles. The Kier molecular flexibility index (Phi) is 27.8. The molecule has 4 heterocycles. The molecule has 1 aliphatic carbocycles. The van der Waals surface area contributed by atoms with Gasteiger partial charge in [-0.1, -0.05) is 132 Å². The van der Waals surface area contributed by atoms with Crippen LogP contribution in [0.1, 0.15) is 179 Å². The fraction of sp³-hybridized carbons (Fsp3) is 0.482. The van der Waals surface area contributed by atoms with Gasteiger partial charge in [-0.15, -0.1) is 21.5 Å². The maximum absolute atomic E-state index is 12.4. The Morgan fingerprint density at radius 1 is 0.972 bits per heavy atom. The highest BCUT2D eigenvalue weighted by Gasteiger charge is 2.32. The molecule has 3 aliphatic rings. The summed E-state index contributed by atoms with van der Waals surface area (Å²) in [5, 5.41) is 15.8. The number of nitrogens with two attached hydrogens (primary N) is 1. The number of unbranched alkanes of at least 4 members (excludes halogenated alkanes) is 4. The highest BCUT2D eigenvalue weighted by molar-refractivity contribution is 7.15. The fourth-order valence-corrected chi connectivity index (χ4v) is 9.59. The highest BCUT2D eigenvalue weighted by Crippen LogP contribution is 2.39. The van der Waals surface area contributed by atoms with Crippen LogP contribution in [-0.4, -0.2) is 81.6 Å². The van der Waals surface area contributed by atoms with Crippen LogP contribution in [-0.2, 0) is 36.9 Å². The topological polar surface area (TPSA) is 199 Å². The second-order valence-corrected chi connectivity index (χ2v) is 19.7. The normalized spacial score (nSPS) is 15.7. The van der Waals surface area contributed by atoms with Crippen LogP contribution in [0.15, 0.2) is 72.3 Å². The second kappa shape index (κ2) is 33.1. The molecule has 2 aromatic heterocycles. The molecule has 4 aromatic rings. The first-order valence-corrected chi connectivity index (χ1v) is 26.5. The zero-order chi connectivity index (χ0) is 53.0. The van der Waals surface area contributed by atoms with Crippen molar-refractivity contribution in [2.45, 2.75) is 162 Å². The summed E-state index contributed by atoms with van der Waals surface area (Å²) in [5.74, 6) is 0.912. The minimum Gasteiger partial charge on any atom is -0.330 e. The minimum atomic E-state index is -0.459. The molecular weight excluding hydrogens is 948 g/mol. The number of rotatable bonds is 17. The Balaban J connectivity index is 0.000000296. The number of aromatic nitrogens is 3. The summed E-state index contributed by atoms with van der Waals surface area (Å²) in [7, 11) is 1.77. The van der Waals surface area contributed by atoms with E-state index in [1.807, 2.05) is 31.2 Å². The molecule has 390 valence electrons. The molecule has 7 rings (SSSR count). The number of allylic oxidation sites excluding steroid dienone is 2. The smallest absolute Gasteiger partial charge is 0.243 e. The predicted octanol–water partition coefficient (Wildman–Crippen LogP) is 11.3. The van der Waals surface area contributed by atoms with Gasteiger partial charge in [-0.3, -0.25) is 39.0 Å². The molecule has 2 aliphatic heterocycles. The van der Waals surface area contributed by atoms with E-state index in [4.69, 9.17) is 27.1 Å². The molecule has 2 atom stereocenters. The molecule has 16 heteroatoms. The summed E-state index contributed by atoms with van der Waals surface area (Å²) < 4.78 is 2.10. The van der Waals surface area contributed by atoms with Gasteiger partial charge in [-0.2, -0.15) is 0 Å². The van der Waals surface area contributed by atoms with Gasteiger partial charge < -0.3 is 20.6 Å². The van der Waals surface area contributed by atoms with Crippen LogP contribution >= 0.6 is 22.9 Å². The van der Waals surface area contributed by atoms with Crippen molar-refractivity contribution in [2.24, 2.45) is 10.7 Å². The summed E-state index contributed by atoms with van der Waals surface area (Å²) in [5.41, 5.74) is 12.3. The number of benzene rings is 2. The Bertz CT molecular complexity index is 2420. The first kappa shape index (κ1) is 60.6. The second-order valence-electron chi connectivity index (χ2n) is 18.0. The number of fused-ring (bicyclic) bond motifs is 3. The molecular formula is C56H77ClN8O6S. The number of halogens is 1. The van der Waals surface area contributed by atoms with Gasteiger partial charge in [0.25, 0.3) is 0 Å². The van der Waals surface area contributed by atoms with Gasteiger partial charge >= 0.3 is 0 Å². The summed E-state index contributed by atoms with van der Waals surface area (Å²) in [4.78, 5) is 75.7. The number of aldehydes is 3. The SMILES string of the molecule is C1CCCCCC1.C=CC(=C)C.CC=O.CCc1nnc2n1-c1sc(C)c(C)c1C(c1ccc(Cl)cc1)=N[C@H]2CC=O.CN(Cc1c(C=O)cccc1NC(=O)CCCCCCCN)C1CCC(=O)NC1=O. The summed E-state index contributed by atoms with van der Waals surface area (Å²) in [6.45, 7) is 17.7. The van der Waals surface area contributed by atoms with Crippen molar-refractivity contribution < 1.29 is 28.8 Å². The fourth-order valence-electron chi connectivity index (χ4n) is 8.28. The third-order valence-electron chi connectivity index (χ3n) is 12.4. The third kappa shape index (κ3) is 19.0. The molecule has 14 nitrogen and oxygen atoms in total. The lowest BCUT2D eigenvalue weighted by atomic mass is 9.99. The lowest BCUT2D eigenvalue weighted by Crippen LogP contribution is -2.51. The minimum absolute atomic E-state index is 0.0956. The van der Waals surface area contributed by atoms with Crippen molar-refractivity contribution >= 4 is 70.9 Å². The van der Waals surface area contributed by atoms with Crippen LogP contribution in [0.2, 0.25) is 5.02 Å². The number of carbonyl (C=O) groups excluding carboxylic acids is 6. The number of imide groups is 1. The van der Waals surface area contributed by atoms with Crippen molar-refractivity contribution in [1.29, 1.82) is 0 Å². The molecule has 1 saturated heterocycles. The average molecular weight is 1030 g/mol. The average Bonchev–Trinajstić information content (AvgIpc) is 3.69. The number of hydrogen-bond donors (Lipinski definition) is 3. The van der Waals surface area contributed by atoms with Crippen molar-refractivity contribution in [2.75, 3.05) is 18.9 Å². The largest absolute Gasteiger partial charge is 0.330 e. The zero-order valence-electron chi connectivity index (χ0n) is 43.4. The van der Waals surface area contributed by atoms with Crippen molar-refractivity contribution in [3.05, 3.63) is 117 Å². The maximum Gasteiger partial charge on any atom is 0.243 e. The Morgan fingerprint density at radius 2 is 1.58 bits per heavy atom. The first-order valence-electron chi connectivity index (χ1n) is 25.3. The quantitative estimate of drug-likeness (QED) is 0.0301. The van der Waals surface area contributed by atoms with E-state index in [0.29, 0.717) is 47.8 Å². The van der Waals surface area contributed by atoms with E-state index in [0.717, 1.165) is 96.4 Å². The molecule has 0 bridgehead atoms. The standard InChI is InChI=1S/C22H32N4O4.C20H19ClN4OS.C7H14.C5H8.C2H4O/c1-26(19-11-12-21(29)25-22(19)30)14-17-16(15-27)8-7-9-18(17)24-20(28)10-5-3-2-4-6-13-23;1-4-16-23-24-19-15(9-10-26)22-18(13-5-7-14(21)8-6-13)17-11(2)12(3)27-20(17)25(16)19;1-2-4-6-7-5-3-1;1-4-5(2)3;1-2-3/h7-9,15,19H,2-6,10-14,23H2,1H3,(H,24,28)(H,25,29,30);5-8,10,15H,4,9H2,1-3H3;1-7H2;4H,1-2H2,3H3;2H,1H3/t;15-;;;/m.0.../s1. The number of likely N-dealkylation sites (N-methyl/N-ethyl adjacent to an activating group) is 1. The van der Waals surface area contributed by atoms with E-state index in [-0.39, 0.29) is 36.6 Å². The number of aliphatic imine (C=N–C) groups is 1. The van der Waals surface area contributed by atoms with Gasteiger partial charge in [-0.25, -0.2) is 0 Å². The van der Waals surface area contributed by atoms with Gasteiger partial charge in [0.2, 0.25) is 17.7 Å². The molecule has 2 fully saturated rings.